The molecule has 3 saturated heterocycles. The van der Waals surface area contributed by atoms with Gasteiger partial charge in [0.2, 0.25) is 0 Å². The van der Waals surface area contributed by atoms with E-state index in [4.69, 9.17) is 16.1 Å². The van der Waals surface area contributed by atoms with Gasteiger partial charge in [0, 0.05) is 73.6 Å². The molecule has 3 aromatic heterocycles. The van der Waals surface area contributed by atoms with Crippen LogP contribution in [0.25, 0.3) is 39.0 Å². The van der Waals surface area contributed by atoms with Crippen LogP contribution in [-0.4, -0.2) is 92.7 Å². The lowest BCUT2D eigenvalue weighted by atomic mass is 9.95. The number of rotatable bonds is 7. The first-order valence-corrected chi connectivity index (χ1v) is 17.5. The van der Waals surface area contributed by atoms with E-state index in [1.165, 1.54) is 11.1 Å². The molecule has 0 aliphatic carbocycles. The third kappa shape index (κ3) is 5.98. The van der Waals surface area contributed by atoms with E-state index in [9.17, 15) is 9.18 Å². The number of hydrogen-bond acceptors (Lipinski definition) is 8. The number of aromatic nitrogens is 4. The molecule has 1 amide bonds. The summed E-state index contributed by atoms with van der Waals surface area (Å²) < 4.78 is 52.9. The Kier molecular flexibility index (Phi) is 8.75. The number of terminal acetylenes is 1. The van der Waals surface area contributed by atoms with Crippen molar-refractivity contribution in [2.24, 2.45) is 0 Å². The van der Waals surface area contributed by atoms with Crippen LogP contribution in [0.5, 0.6) is 6.01 Å². The topological polar surface area (TPSA) is 87.6 Å². The minimum atomic E-state index is -0.944. The number of amides is 1. The Morgan fingerprint density at radius 3 is 2.71 bits per heavy atom. The molecule has 52 heavy (non-hydrogen) atoms. The number of piperazine rings is 1. The summed E-state index contributed by atoms with van der Waals surface area (Å²) in [5.74, 6) is 0.762. The second-order valence-corrected chi connectivity index (χ2v) is 13.8. The summed E-state index contributed by atoms with van der Waals surface area (Å²) >= 11 is 0. The second-order valence-electron chi connectivity index (χ2n) is 13.8. The van der Waals surface area contributed by atoms with Crippen LogP contribution in [0.2, 0.25) is 0 Å². The van der Waals surface area contributed by atoms with Gasteiger partial charge in [0.05, 0.1) is 16.6 Å². The molecule has 8 rings (SSSR count). The van der Waals surface area contributed by atoms with Gasteiger partial charge in [-0.25, -0.2) is 13.2 Å². The molecule has 3 aliphatic rings. The Bertz CT molecular complexity index is 2260. The number of hydrogen-bond donors (Lipinski definition) is 0. The van der Waals surface area contributed by atoms with Gasteiger partial charge in [-0.05, 0) is 49.9 Å². The summed E-state index contributed by atoms with van der Waals surface area (Å²) in [6, 6.07) is 15.7. The van der Waals surface area contributed by atoms with Gasteiger partial charge in [0.1, 0.15) is 29.8 Å². The lowest BCUT2D eigenvalue weighted by Crippen LogP contribution is -2.54. The van der Waals surface area contributed by atoms with Crippen molar-refractivity contribution in [2.45, 2.75) is 43.9 Å². The Balaban J connectivity index is 1.17. The first-order valence-electron chi connectivity index (χ1n) is 17.5. The molecule has 0 saturated carbocycles. The first kappa shape index (κ1) is 33.6. The average molecular weight is 704 g/mol. The molecule has 12 heteroatoms. The van der Waals surface area contributed by atoms with Gasteiger partial charge in [0.15, 0.2) is 11.6 Å². The lowest BCUT2D eigenvalue weighted by molar-refractivity contribution is -0.129. The van der Waals surface area contributed by atoms with E-state index in [2.05, 4.69) is 25.8 Å². The second kappa shape index (κ2) is 13.5. The molecular formula is C40H36F3N7O2. The Hall–Kier alpha value is -5.54. The van der Waals surface area contributed by atoms with Gasteiger partial charge in [-0.2, -0.15) is 9.97 Å². The van der Waals surface area contributed by atoms with Gasteiger partial charge in [0.25, 0.3) is 5.91 Å². The largest absolute Gasteiger partial charge is 0.461 e. The zero-order valence-corrected chi connectivity index (χ0v) is 28.6. The molecule has 5 aromatic rings. The predicted octanol–water partition coefficient (Wildman–Crippen LogP) is 6.36. The standard InChI is InChI=1S/C40H36F3N7O2/c1-3-26-9-6-10-27-11-7-13-30(33(26)27)35-34(43)36-31(21-45-35)37(47-39(46-36)52-24-40-14-8-16-49(40)23-28(41)20-40)50-18-17-48(22-25(50)2)38(51)32(42)19-29-12-4-5-15-44-29/h1,4-7,9-13,15,19,21,25,28H,8,14,16-18,20,22-24H2,2H3/t25-,28+,40-/m0/s1. The van der Waals surface area contributed by atoms with Crippen molar-refractivity contribution in [2.75, 3.05) is 44.2 Å². The Morgan fingerprint density at radius 2 is 1.92 bits per heavy atom. The van der Waals surface area contributed by atoms with Crippen LogP contribution < -0.4 is 9.64 Å². The summed E-state index contributed by atoms with van der Waals surface area (Å²) in [5, 5.41) is 1.90. The highest BCUT2D eigenvalue weighted by Gasteiger charge is 2.49. The Morgan fingerprint density at radius 1 is 1.08 bits per heavy atom. The number of pyridine rings is 2. The van der Waals surface area contributed by atoms with E-state index in [1.54, 1.807) is 36.5 Å². The SMILES string of the molecule is C#Cc1cccc2cccc(-c3ncc4c(N5CCN(C(=O)C(F)=Cc6ccccn6)C[C@@H]5C)nc(OC[C@@]56CCCN5C[C@H](F)C6)nc4c3F)c12. The Labute approximate surface area is 299 Å². The molecule has 0 bridgehead atoms. The fourth-order valence-electron chi connectivity index (χ4n) is 8.06. The van der Waals surface area contributed by atoms with Crippen LogP contribution >= 0.6 is 0 Å². The number of ether oxygens (including phenoxy) is 1. The number of fused-ring (bicyclic) bond motifs is 3. The van der Waals surface area contributed by atoms with Crippen LogP contribution in [0.15, 0.2) is 72.8 Å². The van der Waals surface area contributed by atoms with E-state index >= 15 is 8.78 Å². The molecule has 0 N–H and O–H groups in total. The van der Waals surface area contributed by atoms with Gasteiger partial charge in [-0.15, -0.1) is 6.42 Å². The van der Waals surface area contributed by atoms with Gasteiger partial charge >= 0.3 is 6.01 Å². The van der Waals surface area contributed by atoms with Crippen LogP contribution in [0.4, 0.5) is 19.0 Å². The molecule has 6 heterocycles. The van der Waals surface area contributed by atoms with Gasteiger partial charge < -0.3 is 14.5 Å². The molecule has 264 valence electrons. The molecule has 0 spiro atoms. The molecular weight excluding hydrogens is 667 g/mol. The molecule has 0 unspecified atom stereocenters. The third-order valence-electron chi connectivity index (χ3n) is 10.5. The third-order valence-corrected chi connectivity index (χ3v) is 10.5. The summed E-state index contributed by atoms with van der Waals surface area (Å²) in [5.41, 5.74) is 1.08. The molecule has 3 aliphatic heterocycles. The van der Waals surface area contributed by atoms with Crippen molar-refractivity contribution in [1.82, 2.24) is 29.7 Å². The van der Waals surface area contributed by atoms with Crippen molar-refractivity contribution < 1.29 is 22.7 Å². The number of alkyl halides is 1. The summed E-state index contributed by atoms with van der Waals surface area (Å²) in [6.07, 6.45) is 11.2. The first-order chi connectivity index (χ1) is 25.2. The highest BCUT2D eigenvalue weighted by Crippen LogP contribution is 2.41. The van der Waals surface area contributed by atoms with Crippen molar-refractivity contribution in [3.63, 3.8) is 0 Å². The monoisotopic (exact) mass is 703 g/mol. The number of halogens is 3. The fourth-order valence-corrected chi connectivity index (χ4v) is 8.06. The van der Waals surface area contributed by atoms with Crippen molar-refractivity contribution in [1.29, 1.82) is 0 Å². The van der Waals surface area contributed by atoms with E-state index in [0.717, 1.165) is 30.8 Å². The normalized spacial score (nSPS) is 22.2. The smallest absolute Gasteiger partial charge is 0.319 e. The maximum absolute atomic E-state index is 16.9. The molecule has 3 fully saturated rings. The van der Waals surface area contributed by atoms with E-state index in [0.29, 0.717) is 46.4 Å². The lowest BCUT2D eigenvalue weighted by Gasteiger charge is -2.40. The van der Waals surface area contributed by atoms with Crippen LogP contribution in [0, 0.1) is 18.2 Å². The minimum Gasteiger partial charge on any atom is -0.461 e. The van der Waals surface area contributed by atoms with Crippen molar-refractivity contribution >= 4 is 39.5 Å². The molecule has 0 radical (unpaired) electrons. The minimum absolute atomic E-state index is 0.00537. The van der Waals surface area contributed by atoms with E-state index < -0.39 is 29.3 Å². The van der Waals surface area contributed by atoms with Crippen LogP contribution in [-0.2, 0) is 4.79 Å². The number of carbonyl (C=O) groups excluding carboxylic acids is 1. The van der Waals surface area contributed by atoms with E-state index in [-0.39, 0.29) is 49.5 Å². The highest BCUT2D eigenvalue weighted by atomic mass is 19.1. The number of benzene rings is 2. The highest BCUT2D eigenvalue weighted by molar-refractivity contribution is 6.02. The zero-order valence-electron chi connectivity index (χ0n) is 28.6. The summed E-state index contributed by atoms with van der Waals surface area (Å²) in [7, 11) is 0. The maximum Gasteiger partial charge on any atom is 0.319 e. The predicted molar refractivity (Wildman–Crippen MR) is 193 cm³/mol. The summed E-state index contributed by atoms with van der Waals surface area (Å²) in [6.45, 7) is 3.84. The van der Waals surface area contributed by atoms with Crippen molar-refractivity contribution in [3.8, 4) is 29.6 Å². The van der Waals surface area contributed by atoms with Gasteiger partial charge in [-0.1, -0.05) is 42.3 Å². The quantitative estimate of drug-likeness (QED) is 0.143. The maximum atomic E-state index is 16.9. The number of carbonyl (C=O) groups is 1. The van der Waals surface area contributed by atoms with Crippen molar-refractivity contribution in [3.05, 3.63) is 89.9 Å². The number of anilines is 1. The fraction of sp³-hybridized carbons (Fsp3) is 0.325. The van der Waals surface area contributed by atoms with Gasteiger partial charge in [-0.3, -0.25) is 19.7 Å². The number of nitrogens with zero attached hydrogens (tertiary/aromatic N) is 7. The molecule has 3 atom stereocenters. The zero-order chi connectivity index (χ0) is 36.0. The average Bonchev–Trinajstić information content (AvgIpc) is 3.69. The molecule has 9 nitrogen and oxygen atoms in total. The van der Waals surface area contributed by atoms with E-state index in [1.807, 2.05) is 36.1 Å². The summed E-state index contributed by atoms with van der Waals surface area (Å²) in [4.78, 5) is 36.7. The van der Waals surface area contributed by atoms with Crippen LogP contribution in [0.3, 0.4) is 0 Å². The molecule has 2 aromatic carbocycles. The van der Waals surface area contributed by atoms with Crippen LogP contribution in [0.1, 0.15) is 37.4 Å².